The van der Waals surface area contributed by atoms with Crippen molar-refractivity contribution in [1.82, 2.24) is 9.97 Å². The number of nitrogens with zero attached hydrogens (tertiary/aromatic N) is 2. The van der Waals surface area contributed by atoms with Gasteiger partial charge in [-0.3, -0.25) is 4.79 Å². The molecule has 5 heteroatoms. The molecule has 0 aromatic carbocycles. The number of rotatable bonds is 3. The van der Waals surface area contributed by atoms with Crippen LogP contribution in [0.2, 0.25) is 5.15 Å². The number of halogens is 1. The third kappa shape index (κ3) is 3.24. The summed E-state index contributed by atoms with van der Waals surface area (Å²) in [6, 6.07) is 0.357. The Labute approximate surface area is 119 Å². The van der Waals surface area contributed by atoms with Crippen molar-refractivity contribution in [3.8, 4) is 0 Å². The van der Waals surface area contributed by atoms with Gasteiger partial charge in [-0.1, -0.05) is 25.4 Å². The molecular weight excluding hydrogens is 262 g/mol. The van der Waals surface area contributed by atoms with Crippen LogP contribution in [-0.2, 0) is 0 Å². The first-order valence-corrected chi connectivity index (χ1v) is 7.15. The lowest BCUT2D eigenvalue weighted by Crippen LogP contribution is -2.31. The molecule has 0 bridgehead atoms. The molecule has 0 saturated heterocycles. The third-order valence-electron chi connectivity index (χ3n) is 4.07. The van der Waals surface area contributed by atoms with E-state index in [2.05, 4.69) is 29.1 Å². The smallest absolute Gasteiger partial charge is 0.156 e. The molecule has 1 heterocycles. The van der Waals surface area contributed by atoms with Gasteiger partial charge in [-0.25, -0.2) is 9.97 Å². The van der Waals surface area contributed by atoms with Crippen LogP contribution in [0.3, 0.4) is 0 Å². The van der Waals surface area contributed by atoms with Crippen molar-refractivity contribution >= 4 is 23.7 Å². The average Bonchev–Trinajstić information content (AvgIpc) is 2.33. The molecule has 4 nitrogen and oxygen atoms in total. The second-order valence-corrected chi connectivity index (χ2v) is 5.91. The number of carbonyl (C=O) groups is 1. The van der Waals surface area contributed by atoms with Gasteiger partial charge in [0.2, 0.25) is 0 Å². The first kappa shape index (κ1) is 14.3. The zero-order valence-corrected chi connectivity index (χ0v) is 12.4. The minimum absolute atomic E-state index is 0.224. The fourth-order valence-electron chi connectivity index (χ4n) is 2.63. The number of hydrogen-bond donors (Lipinski definition) is 1. The first-order valence-electron chi connectivity index (χ1n) is 6.77. The summed E-state index contributed by atoms with van der Waals surface area (Å²) in [5.74, 6) is 2.60. The topological polar surface area (TPSA) is 54.9 Å². The van der Waals surface area contributed by atoms with E-state index in [1.54, 1.807) is 6.92 Å². The second-order valence-electron chi connectivity index (χ2n) is 5.55. The Hall–Kier alpha value is -1.16. The van der Waals surface area contributed by atoms with Crippen molar-refractivity contribution in [2.24, 2.45) is 11.8 Å². The SMILES string of the molecule is Cc1nc(Cl)c(C=O)c(NC2CCC(C)C(C)C2)n1. The average molecular weight is 282 g/mol. The van der Waals surface area contributed by atoms with Gasteiger partial charge in [-0.2, -0.15) is 0 Å². The predicted octanol–water partition coefficient (Wildman–Crippen LogP) is 3.49. The number of aldehydes is 1. The molecular formula is C14H20ClN3O. The fourth-order valence-corrected chi connectivity index (χ4v) is 2.89. The van der Waals surface area contributed by atoms with Crippen LogP contribution in [0.1, 0.15) is 49.3 Å². The van der Waals surface area contributed by atoms with Crippen LogP contribution in [0.15, 0.2) is 0 Å². The van der Waals surface area contributed by atoms with Crippen LogP contribution in [0.25, 0.3) is 0 Å². The zero-order valence-electron chi connectivity index (χ0n) is 11.6. The Bertz CT molecular complexity index is 478. The molecule has 0 aliphatic heterocycles. The van der Waals surface area contributed by atoms with E-state index in [-0.39, 0.29) is 5.15 Å². The molecule has 1 aliphatic rings. The molecule has 0 radical (unpaired) electrons. The summed E-state index contributed by atoms with van der Waals surface area (Å²) in [7, 11) is 0. The van der Waals surface area contributed by atoms with Crippen molar-refractivity contribution in [2.45, 2.75) is 46.1 Å². The van der Waals surface area contributed by atoms with Crippen molar-refractivity contribution in [2.75, 3.05) is 5.32 Å². The Morgan fingerprint density at radius 3 is 2.63 bits per heavy atom. The van der Waals surface area contributed by atoms with Gasteiger partial charge in [0.05, 0.1) is 5.56 Å². The molecule has 0 amide bonds. The fraction of sp³-hybridized carbons (Fsp3) is 0.643. The quantitative estimate of drug-likeness (QED) is 0.681. The Balaban J connectivity index is 2.17. The van der Waals surface area contributed by atoms with Gasteiger partial charge < -0.3 is 5.32 Å². The lowest BCUT2D eigenvalue weighted by atomic mass is 9.79. The zero-order chi connectivity index (χ0) is 14.0. The van der Waals surface area contributed by atoms with E-state index >= 15 is 0 Å². The maximum absolute atomic E-state index is 11.1. The molecule has 1 fully saturated rings. The molecule has 1 aliphatic carbocycles. The monoisotopic (exact) mass is 281 g/mol. The molecule has 104 valence electrons. The van der Waals surface area contributed by atoms with Crippen LogP contribution >= 0.6 is 11.6 Å². The van der Waals surface area contributed by atoms with E-state index in [1.165, 1.54) is 6.42 Å². The van der Waals surface area contributed by atoms with Crippen LogP contribution < -0.4 is 5.32 Å². The molecule has 1 aromatic rings. The highest BCUT2D eigenvalue weighted by Gasteiger charge is 2.25. The molecule has 2 rings (SSSR count). The van der Waals surface area contributed by atoms with E-state index in [0.29, 0.717) is 29.2 Å². The standard InChI is InChI=1S/C14H20ClN3O/c1-8-4-5-11(6-9(8)2)18-14-12(7-19)13(15)16-10(3)17-14/h7-9,11H,4-6H2,1-3H3,(H,16,17,18). The molecule has 1 saturated carbocycles. The summed E-state index contributed by atoms with van der Waals surface area (Å²) in [5, 5.41) is 3.59. The van der Waals surface area contributed by atoms with E-state index in [9.17, 15) is 4.79 Å². The van der Waals surface area contributed by atoms with Crippen molar-refractivity contribution in [3.05, 3.63) is 16.5 Å². The Morgan fingerprint density at radius 2 is 2.00 bits per heavy atom. The number of aromatic nitrogens is 2. The summed E-state index contributed by atoms with van der Waals surface area (Å²) in [6.07, 6.45) is 4.12. The van der Waals surface area contributed by atoms with E-state index in [1.807, 2.05) is 0 Å². The Morgan fingerprint density at radius 1 is 1.26 bits per heavy atom. The van der Waals surface area contributed by atoms with Crippen LogP contribution in [0, 0.1) is 18.8 Å². The van der Waals surface area contributed by atoms with Crippen LogP contribution in [0.5, 0.6) is 0 Å². The molecule has 0 spiro atoms. The van der Waals surface area contributed by atoms with Crippen LogP contribution in [-0.4, -0.2) is 22.3 Å². The first-order chi connectivity index (χ1) is 9.01. The van der Waals surface area contributed by atoms with Gasteiger partial charge in [0.1, 0.15) is 16.8 Å². The second kappa shape index (κ2) is 5.87. The summed E-state index contributed by atoms with van der Waals surface area (Å²) >= 11 is 5.98. The number of nitrogens with one attached hydrogen (secondary N) is 1. The number of aryl methyl sites for hydroxylation is 1. The van der Waals surface area contributed by atoms with E-state index in [0.717, 1.165) is 25.0 Å². The Kier molecular flexibility index (Phi) is 4.40. The molecule has 3 unspecified atom stereocenters. The van der Waals surface area contributed by atoms with Gasteiger partial charge in [0.15, 0.2) is 6.29 Å². The predicted molar refractivity (Wildman–Crippen MR) is 76.8 cm³/mol. The molecule has 1 aromatic heterocycles. The van der Waals surface area contributed by atoms with Gasteiger partial charge in [-0.05, 0) is 38.0 Å². The van der Waals surface area contributed by atoms with Gasteiger partial charge >= 0.3 is 0 Å². The largest absolute Gasteiger partial charge is 0.367 e. The highest BCUT2D eigenvalue weighted by atomic mass is 35.5. The van der Waals surface area contributed by atoms with Crippen molar-refractivity contribution in [1.29, 1.82) is 0 Å². The van der Waals surface area contributed by atoms with Gasteiger partial charge in [0, 0.05) is 6.04 Å². The maximum atomic E-state index is 11.1. The number of hydrogen-bond acceptors (Lipinski definition) is 4. The van der Waals surface area contributed by atoms with E-state index < -0.39 is 0 Å². The molecule has 1 N–H and O–H groups in total. The molecule has 19 heavy (non-hydrogen) atoms. The highest BCUT2D eigenvalue weighted by Crippen LogP contribution is 2.31. The van der Waals surface area contributed by atoms with Gasteiger partial charge in [-0.15, -0.1) is 0 Å². The lowest BCUT2D eigenvalue weighted by Gasteiger charge is -2.33. The lowest BCUT2D eigenvalue weighted by molar-refractivity contribution is 0.112. The normalized spacial score (nSPS) is 27.1. The summed E-state index contributed by atoms with van der Waals surface area (Å²) in [6.45, 7) is 6.35. The van der Waals surface area contributed by atoms with Crippen molar-refractivity contribution in [3.63, 3.8) is 0 Å². The highest BCUT2D eigenvalue weighted by molar-refractivity contribution is 6.32. The summed E-state index contributed by atoms with van der Waals surface area (Å²) in [4.78, 5) is 19.4. The van der Waals surface area contributed by atoms with Crippen molar-refractivity contribution < 1.29 is 4.79 Å². The van der Waals surface area contributed by atoms with Crippen LogP contribution in [0.4, 0.5) is 5.82 Å². The number of carbonyl (C=O) groups excluding carboxylic acids is 1. The summed E-state index contributed by atoms with van der Waals surface area (Å²) < 4.78 is 0. The third-order valence-corrected chi connectivity index (χ3v) is 4.36. The minimum Gasteiger partial charge on any atom is -0.367 e. The summed E-state index contributed by atoms with van der Waals surface area (Å²) in [5.41, 5.74) is 0.360. The maximum Gasteiger partial charge on any atom is 0.156 e. The minimum atomic E-state index is 0.224. The van der Waals surface area contributed by atoms with E-state index in [4.69, 9.17) is 11.6 Å². The molecule has 3 atom stereocenters. The number of anilines is 1. The van der Waals surface area contributed by atoms with Gasteiger partial charge in [0.25, 0.3) is 0 Å².